The minimum Gasteiger partial charge on any atom is -0.390 e. The predicted molar refractivity (Wildman–Crippen MR) is 190 cm³/mol. The predicted octanol–water partition coefficient (Wildman–Crippen LogP) is 3.63. The van der Waals surface area contributed by atoms with Gasteiger partial charge in [0.25, 0.3) is 0 Å². The van der Waals surface area contributed by atoms with Gasteiger partial charge in [0.05, 0.1) is 18.6 Å². The lowest BCUT2D eigenvalue weighted by Gasteiger charge is -2.30. The SMILES string of the molecule is CCC(CC)NC(=O)C(NC(=O)C[C@H](O)[C@H](Cc1ccccc1)NC(=O)C(NC(=O)[C@H](CC(C)C)NC(=O)CC(C)C)C(C)C)C(C)C. The highest BCUT2D eigenvalue weighted by Crippen LogP contribution is 2.14. The molecule has 11 nitrogen and oxygen atoms in total. The smallest absolute Gasteiger partial charge is 0.243 e. The van der Waals surface area contributed by atoms with E-state index in [0.717, 1.165) is 18.4 Å². The van der Waals surface area contributed by atoms with Gasteiger partial charge in [0.15, 0.2) is 0 Å². The van der Waals surface area contributed by atoms with Gasteiger partial charge < -0.3 is 31.7 Å². The largest absolute Gasteiger partial charge is 0.390 e. The molecule has 0 aliphatic carbocycles. The minimum absolute atomic E-state index is 0.00179. The van der Waals surface area contributed by atoms with Gasteiger partial charge in [-0.2, -0.15) is 0 Å². The molecule has 6 N–H and O–H groups in total. The highest BCUT2D eigenvalue weighted by atomic mass is 16.3. The number of rotatable bonds is 21. The first-order valence-electron chi connectivity index (χ1n) is 17.7. The number of carbonyl (C=O) groups is 5. The molecule has 1 aromatic rings. The molecule has 0 bridgehead atoms. The van der Waals surface area contributed by atoms with Crippen molar-refractivity contribution < 1.29 is 29.1 Å². The van der Waals surface area contributed by atoms with Gasteiger partial charge in [0.1, 0.15) is 18.1 Å². The zero-order chi connectivity index (χ0) is 36.6. The van der Waals surface area contributed by atoms with Gasteiger partial charge in [-0.05, 0) is 54.9 Å². The van der Waals surface area contributed by atoms with Crippen molar-refractivity contribution in [3.05, 3.63) is 35.9 Å². The van der Waals surface area contributed by atoms with Crippen molar-refractivity contribution in [3.63, 3.8) is 0 Å². The van der Waals surface area contributed by atoms with E-state index in [1.807, 2.05) is 85.7 Å². The van der Waals surface area contributed by atoms with Gasteiger partial charge in [0.2, 0.25) is 29.5 Å². The van der Waals surface area contributed by atoms with Gasteiger partial charge in [-0.3, -0.25) is 24.0 Å². The first-order valence-corrected chi connectivity index (χ1v) is 17.7. The number of amides is 5. The summed E-state index contributed by atoms with van der Waals surface area (Å²) in [6.45, 7) is 19.0. The first-order chi connectivity index (χ1) is 22.5. The van der Waals surface area contributed by atoms with Crippen LogP contribution in [0.25, 0.3) is 0 Å². The number of aliphatic hydroxyl groups is 1. The second kappa shape index (κ2) is 21.5. The molecule has 0 aliphatic rings. The molecule has 5 atom stereocenters. The lowest BCUT2D eigenvalue weighted by atomic mass is 9.96. The number of benzene rings is 1. The molecule has 0 heterocycles. The van der Waals surface area contributed by atoms with Crippen molar-refractivity contribution in [2.24, 2.45) is 23.7 Å². The third-order valence-electron chi connectivity index (χ3n) is 8.28. The van der Waals surface area contributed by atoms with Crippen molar-refractivity contribution in [1.82, 2.24) is 26.6 Å². The standard InChI is InChI=1S/C37H63N5O6/c1-11-27(12-2)38-36(47)33(24(7)8)41-32(45)21-30(43)28(20-26-16-14-13-15-17-26)40-37(48)34(25(9)10)42-35(46)29(18-22(3)4)39-31(44)19-23(5)6/h13-17,22-25,27-30,33-34,43H,11-12,18-21H2,1-10H3,(H,38,47)(H,39,44)(H,40,48)(H,41,45)(H,42,46)/t28-,29-,30-,33?,34?/m0/s1. The van der Waals surface area contributed by atoms with Crippen molar-refractivity contribution in [1.29, 1.82) is 0 Å². The van der Waals surface area contributed by atoms with Crippen LogP contribution in [-0.2, 0) is 30.4 Å². The van der Waals surface area contributed by atoms with Crippen LogP contribution in [0.1, 0.15) is 107 Å². The Morgan fingerprint density at radius 1 is 0.625 bits per heavy atom. The van der Waals surface area contributed by atoms with Gasteiger partial charge in [-0.25, -0.2) is 0 Å². The first kappa shape index (κ1) is 42.6. The summed E-state index contributed by atoms with van der Waals surface area (Å²) >= 11 is 0. The zero-order valence-corrected chi connectivity index (χ0v) is 30.9. The summed E-state index contributed by atoms with van der Waals surface area (Å²) in [6.07, 6.45) is 0.798. The molecule has 2 unspecified atom stereocenters. The van der Waals surface area contributed by atoms with Crippen LogP contribution < -0.4 is 26.6 Å². The average molecular weight is 674 g/mol. The Morgan fingerprint density at radius 2 is 1.15 bits per heavy atom. The second-order valence-corrected chi connectivity index (χ2v) is 14.5. The van der Waals surface area contributed by atoms with Gasteiger partial charge in [0, 0.05) is 12.5 Å². The lowest BCUT2D eigenvalue weighted by molar-refractivity contribution is -0.134. The van der Waals surface area contributed by atoms with Crippen LogP contribution in [0.4, 0.5) is 0 Å². The normalized spacial score (nSPS) is 14.8. The third-order valence-corrected chi connectivity index (χ3v) is 8.28. The molecule has 0 radical (unpaired) electrons. The fourth-order valence-corrected chi connectivity index (χ4v) is 5.42. The molecule has 0 saturated heterocycles. The molecule has 0 saturated carbocycles. The molecule has 11 heteroatoms. The van der Waals surface area contributed by atoms with Crippen LogP contribution in [0.15, 0.2) is 30.3 Å². The quantitative estimate of drug-likeness (QED) is 0.117. The van der Waals surface area contributed by atoms with E-state index in [1.165, 1.54) is 0 Å². The van der Waals surface area contributed by atoms with E-state index < -0.39 is 48.0 Å². The van der Waals surface area contributed by atoms with E-state index >= 15 is 0 Å². The Hall–Kier alpha value is -3.47. The third kappa shape index (κ3) is 15.6. The van der Waals surface area contributed by atoms with E-state index in [9.17, 15) is 29.1 Å². The summed E-state index contributed by atoms with van der Waals surface area (Å²) in [6, 6.07) is 5.84. The number of hydrogen-bond acceptors (Lipinski definition) is 6. The summed E-state index contributed by atoms with van der Waals surface area (Å²) in [4.78, 5) is 65.9. The lowest BCUT2D eigenvalue weighted by Crippen LogP contribution is -2.58. The monoisotopic (exact) mass is 673 g/mol. The topological polar surface area (TPSA) is 166 Å². The van der Waals surface area contributed by atoms with Crippen molar-refractivity contribution >= 4 is 29.5 Å². The Labute approximate surface area is 288 Å². The van der Waals surface area contributed by atoms with Crippen LogP contribution in [0.5, 0.6) is 0 Å². The van der Waals surface area contributed by atoms with E-state index in [2.05, 4.69) is 26.6 Å². The second-order valence-electron chi connectivity index (χ2n) is 14.5. The van der Waals surface area contributed by atoms with Crippen molar-refractivity contribution in [2.45, 2.75) is 144 Å². The summed E-state index contributed by atoms with van der Waals surface area (Å²) in [5.74, 6) is -2.26. The maximum absolute atomic E-state index is 13.8. The Morgan fingerprint density at radius 3 is 1.65 bits per heavy atom. The van der Waals surface area contributed by atoms with Gasteiger partial charge in [-0.15, -0.1) is 0 Å². The average Bonchev–Trinajstić information content (AvgIpc) is 2.99. The number of nitrogens with one attached hydrogen (secondary N) is 5. The summed E-state index contributed by atoms with van der Waals surface area (Å²) < 4.78 is 0. The van der Waals surface area contributed by atoms with Crippen LogP contribution in [0.3, 0.4) is 0 Å². The minimum atomic E-state index is -1.29. The number of carbonyl (C=O) groups excluding carboxylic acids is 5. The summed E-state index contributed by atoms with van der Waals surface area (Å²) in [5, 5.41) is 25.7. The fraction of sp³-hybridized carbons (Fsp3) is 0.703. The Bertz CT molecular complexity index is 1150. The molecular formula is C37H63N5O6. The molecular weight excluding hydrogens is 610 g/mol. The van der Waals surface area contributed by atoms with Crippen LogP contribution in [-0.4, -0.2) is 71.0 Å². The molecule has 1 aromatic carbocycles. The van der Waals surface area contributed by atoms with Crippen molar-refractivity contribution in [3.8, 4) is 0 Å². The summed E-state index contributed by atoms with van der Waals surface area (Å²) in [5.41, 5.74) is 0.835. The van der Waals surface area contributed by atoms with Crippen LogP contribution >= 0.6 is 0 Å². The molecule has 0 spiro atoms. The molecule has 48 heavy (non-hydrogen) atoms. The molecule has 5 amide bonds. The zero-order valence-electron chi connectivity index (χ0n) is 30.9. The molecule has 0 fully saturated rings. The van der Waals surface area contributed by atoms with E-state index in [0.29, 0.717) is 6.42 Å². The molecule has 0 aliphatic heterocycles. The molecule has 272 valence electrons. The van der Waals surface area contributed by atoms with Crippen LogP contribution in [0, 0.1) is 23.7 Å². The Kier molecular flexibility index (Phi) is 19.1. The maximum Gasteiger partial charge on any atom is 0.243 e. The molecule has 1 rings (SSSR count). The highest BCUT2D eigenvalue weighted by molar-refractivity contribution is 5.92. The number of aliphatic hydroxyl groups excluding tert-OH is 1. The number of hydrogen-bond donors (Lipinski definition) is 6. The van der Waals surface area contributed by atoms with Crippen molar-refractivity contribution in [2.75, 3.05) is 0 Å². The van der Waals surface area contributed by atoms with E-state index in [4.69, 9.17) is 0 Å². The summed E-state index contributed by atoms with van der Waals surface area (Å²) in [7, 11) is 0. The van der Waals surface area contributed by atoms with Crippen LogP contribution in [0.2, 0.25) is 0 Å². The Balaban J connectivity index is 3.17. The fourth-order valence-electron chi connectivity index (χ4n) is 5.42. The van der Waals surface area contributed by atoms with E-state index in [-0.39, 0.29) is 60.8 Å². The van der Waals surface area contributed by atoms with E-state index in [1.54, 1.807) is 13.8 Å². The van der Waals surface area contributed by atoms with Gasteiger partial charge in [-0.1, -0.05) is 99.6 Å². The highest BCUT2D eigenvalue weighted by Gasteiger charge is 2.33. The van der Waals surface area contributed by atoms with Gasteiger partial charge >= 0.3 is 0 Å². The maximum atomic E-state index is 13.8. The molecule has 0 aromatic heterocycles.